The average Bonchev–Trinajstić information content (AvgIpc) is 3.39. The Morgan fingerprint density at radius 2 is 1.97 bits per heavy atom. The summed E-state index contributed by atoms with van der Waals surface area (Å²) in [6, 6.07) is 14.5. The number of nitrogens with zero attached hydrogens (tertiary/aromatic N) is 3. The van der Waals surface area contributed by atoms with Crippen LogP contribution in [0.5, 0.6) is 0 Å². The van der Waals surface area contributed by atoms with Crippen LogP contribution in [0.3, 0.4) is 0 Å². The molecule has 0 aliphatic heterocycles. The Labute approximate surface area is 175 Å². The van der Waals surface area contributed by atoms with E-state index < -0.39 is 0 Å². The first-order valence-electron chi connectivity index (χ1n) is 10.00. The minimum Gasteiger partial charge on any atom is -0.347 e. The van der Waals surface area contributed by atoms with Gasteiger partial charge in [-0.05, 0) is 50.3 Å². The van der Waals surface area contributed by atoms with Crippen LogP contribution in [0.2, 0.25) is 0 Å². The van der Waals surface area contributed by atoms with Crippen molar-refractivity contribution in [1.82, 2.24) is 19.7 Å². The van der Waals surface area contributed by atoms with Crippen LogP contribution in [0.15, 0.2) is 47.8 Å². The van der Waals surface area contributed by atoms with E-state index in [1.54, 1.807) is 11.3 Å². The summed E-state index contributed by atoms with van der Waals surface area (Å²) in [4.78, 5) is 13.1. The maximum absolute atomic E-state index is 13.1. The van der Waals surface area contributed by atoms with Crippen LogP contribution in [0.1, 0.15) is 39.9 Å². The lowest BCUT2D eigenvalue weighted by atomic mass is 10.1. The molecule has 0 saturated heterocycles. The fourth-order valence-electron chi connectivity index (χ4n) is 3.85. The van der Waals surface area contributed by atoms with E-state index in [-0.39, 0.29) is 5.91 Å². The van der Waals surface area contributed by atoms with Crippen LogP contribution in [0, 0.1) is 13.8 Å². The van der Waals surface area contributed by atoms with Crippen LogP contribution in [0.25, 0.3) is 10.2 Å². The van der Waals surface area contributed by atoms with E-state index in [0.29, 0.717) is 6.54 Å². The molecule has 4 aromatic rings. The van der Waals surface area contributed by atoms with Gasteiger partial charge in [0, 0.05) is 30.9 Å². The molecule has 1 amide bonds. The van der Waals surface area contributed by atoms with E-state index >= 15 is 0 Å². The van der Waals surface area contributed by atoms with Gasteiger partial charge in [-0.1, -0.05) is 30.3 Å². The third-order valence-electron chi connectivity index (χ3n) is 5.48. The SMILES string of the molecule is CCn1nc(C)c(CNC(=O)c2cc3sccc3n2CCc2ccccc2)c1C. The van der Waals surface area contributed by atoms with Gasteiger partial charge in [0.2, 0.25) is 0 Å². The second-order valence-corrected chi connectivity index (χ2v) is 8.18. The molecule has 6 heteroatoms. The quantitative estimate of drug-likeness (QED) is 0.483. The van der Waals surface area contributed by atoms with E-state index in [1.807, 2.05) is 23.7 Å². The first-order valence-corrected chi connectivity index (χ1v) is 10.9. The molecule has 0 unspecified atom stereocenters. The molecule has 0 radical (unpaired) electrons. The van der Waals surface area contributed by atoms with Gasteiger partial charge >= 0.3 is 0 Å². The number of rotatable bonds is 7. The highest BCUT2D eigenvalue weighted by Gasteiger charge is 2.18. The highest BCUT2D eigenvalue weighted by atomic mass is 32.1. The maximum Gasteiger partial charge on any atom is 0.268 e. The third-order valence-corrected chi connectivity index (χ3v) is 6.33. The van der Waals surface area contributed by atoms with Gasteiger partial charge < -0.3 is 9.88 Å². The first kappa shape index (κ1) is 19.5. The minimum atomic E-state index is -0.0375. The van der Waals surface area contributed by atoms with E-state index in [2.05, 4.69) is 64.5 Å². The van der Waals surface area contributed by atoms with E-state index in [4.69, 9.17) is 0 Å². The topological polar surface area (TPSA) is 51.9 Å². The van der Waals surface area contributed by atoms with E-state index in [9.17, 15) is 4.79 Å². The fraction of sp³-hybridized carbons (Fsp3) is 0.304. The Balaban J connectivity index is 1.54. The number of aryl methyl sites for hydroxylation is 4. The number of thiophene rings is 1. The summed E-state index contributed by atoms with van der Waals surface area (Å²) in [6.07, 6.45) is 0.891. The lowest BCUT2D eigenvalue weighted by Crippen LogP contribution is -2.26. The standard InChI is InChI=1S/C23H26N4OS/c1-4-27-17(3)19(16(2)25-27)15-24-23(28)21-14-22-20(11-13-29-22)26(21)12-10-18-8-6-5-7-9-18/h5-9,11,13-14H,4,10,12,15H2,1-3H3,(H,24,28). The summed E-state index contributed by atoms with van der Waals surface area (Å²) in [7, 11) is 0. The van der Waals surface area contributed by atoms with Crippen molar-refractivity contribution in [3.63, 3.8) is 0 Å². The van der Waals surface area contributed by atoms with Crippen molar-refractivity contribution >= 4 is 27.5 Å². The Morgan fingerprint density at radius 3 is 2.69 bits per heavy atom. The van der Waals surface area contributed by atoms with E-state index in [0.717, 1.165) is 52.4 Å². The van der Waals surface area contributed by atoms with Gasteiger partial charge in [-0.15, -0.1) is 11.3 Å². The van der Waals surface area contributed by atoms with Crippen molar-refractivity contribution in [2.75, 3.05) is 0 Å². The second kappa shape index (κ2) is 8.25. The van der Waals surface area contributed by atoms with Crippen molar-refractivity contribution in [1.29, 1.82) is 0 Å². The van der Waals surface area contributed by atoms with Crippen LogP contribution in [0.4, 0.5) is 0 Å². The molecule has 0 spiro atoms. The number of nitrogens with one attached hydrogen (secondary N) is 1. The van der Waals surface area contributed by atoms with Crippen LogP contribution in [-0.4, -0.2) is 20.3 Å². The highest BCUT2D eigenvalue weighted by Crippen LogP contribution is 2.26. The van der Waals surface area contributed by atoms with Crippen LogP contribution >= 0.6 is 11.3 Å². The van der Waals surface area contributed by atoms with Crippen LogP contribution < -0.4 is 5.32 Å². The normalized spacial score (nSPS) is 11.3. The van der Waals surface area contributed by atoms with Crippen LogP contribution in [-0.2, 0) is 26.1 Å². The molecule has 0 bridgehead atoms. The van der Waals surface area contributed by atoms with Crippen molar-refractivity contribution < 1.29 is 4.79 Å². The Hall–Kier alpha value is -2.86. The number of carbonyl (C=O) groups is 1. The third kappa shape index (κ3) is 3.85. The largest absolute Gasteiger partial charge is 0.347 e. The summed E-state index contributed by atoms with van der Waals surface area (Å²) >= 11 is 1.67. The molecule has 0 atom stereocenters. The first-order chi connectivity index (χ1) is 14.1. The van der Waals surface area contributed by atoms with Gasteiger partial charge in [-0.25, -0.2) is 0 Å². The van der Waals surface area contributed by atoms with Gasteiger partial charge in [0.25, 0.3) is 5.91 Å². The molecule has 0 aliphatic rings. The predicted octanol–water partition coefficient (Wildman–Crippen LogP) is 4.71. The van der Waals surface area contributed by atoms with Crippen molar-refractivity contribution in [2.24, 2.45) is 0 Å². The molecule has 1 N–H and O–H groups in total. The van der Waals surface area contributed by atoms with Gasteiger partial charge in [0.15, 0.2) is 0 Å². The number of benzene rings is 1. The predicted molar refractivity (Wildman–Crippen MR) is 119 cm³/mol. The summed E-state index contributed by atoms with van der Waals surface area (Å²) in [5.74, 6) is -0.0375. The Bertz CT molecular complexity index is 1140. The lowest BCUT2D eigenvalue weighted by molar-refractivity contribution is 0.0942. The zero-order valence-electron chi connectivity index (χ0n) is 17.1. The maximum atomic E-state index is 13.1. The number of hydrogen-bond donors (Lipinski definition) is 1. The molecule has 29 heavy (non-hydrogen) atoms. The Morgan fingerprint density at radius 1 is 1.17 bits per heavy atom. The number of fused-ring (bicyclic) bond motifs is 1. The molecule has 5 nitrogen and oxygen atoms in total. The molecule has 0 saturated carbocycles. The number of amides is 1. The summed E-state index contributed by atoms with van der Waals surface area (Å²) < 4.78 is 5.27. The summed E-state index contributed by atoms with van der Waals surface area (Å²) in [5, 5.41) is 9.74. The lowest BCUT2D eigenvalue weighted by Gasteiger charge is -2.11. The monoisotopic (exact) mass is 406 g/mol. The summed E-state index contributed by atoms with van der Waals surface area (Å²) in [5.41, 5.74) is 6.32. The molecule has 3 heterocycles. The number of hydrogen-bond acceptors (Lipinski definition) is 3. The second-order valence-electron chi connectivity index (χ2n) is 7.23. The number of aromatic nitrogens is 3. The molecule has 4 rings (SSSR count). The Kier molecular flexibility index (Phi) is 5.53. The molecular formula is C23H26N4OS. The zero-order valence-corrected chi connectivity index (χ0v) is 17.9. The van der Waals surface area contributed by atoms with Gasteiger partial charge in [-0.2, -0.15) is 5.10 Å². The zero-order chi connectivity index (χ0) is 20.4. The van der Waals surface area contributed by atoms with Crippen molar-refractivity contribution in [3.8, 4) is 0 Å². The molecule has 0 aliphatic carbocycles. The molecule has 150 valence electrons. The van der Waals surface area contributed by atoms with Crippen molar-refractivity contribution in [3.05, 3.63) is 76.1 Å². The molecule has 1 aromatic carbocycles. The van der Waals surface area contributed by atoms with E-state index in [1.165, 1.54) is 5.56 Å². The highest BCUT2D eigenvalue weighted by molar-refractivity contribution is 7.17. The minimum absolute atomic E-state index is 0.0375. The fourth-order valence-corrected chi connectivity index (χ4v) is 4.67. The smallest absolute Gasteiger partial charge is 0.268 e. The van der Waals surface area contributed by atoms with Gasteiger partial charge in [-0.3, -0.25) is 9.48 Å². The van der Waals surface area contributed by atoms with Gasteiger partial charge in [0.05, 0.1) is 15.9 Å². The number of carbonyl (C=O) groups excluding carboxylic acids is 1. The van der Waals surface area contributed by atoms with Crippen molar-refractivity contribution in [2.45, 2.75) is 46.8 Å². The van der Waals surface area contributed by atoms with Gasteiger partial charge in [0.1, 0.15) is 5.69 Å². The average molecular weight is 407 g/mol. The molecule has 3 aromatic heterocycles. The molecular weight excluding hydrogens is 380 g/mol. The molecule has 0 fully saturated rings. The summed E-state index contributed by atoms with van der Waals surface area (Å²) in [6.45, 7) is 8.24.